The number of aryl methyl sites for hydroxylation is 1. The number of hydrogen-bond donors (Lipinski definition) is 0. The van der Waals surface area contributed by atoms with E-state index in [-0.39, 0.29) is 6.10 Å². The quantitative estimate of drug-likeness (QED) is 0.504. The summed E-state index contributed by atoms with van der Waals surface area (Å²) in [6.45, 7) is 3.02. The number of benzene rings is 2. The van der Waals surface area contributed by atoms with E-state index in [2.05, 4.69) is 39.5 Å². The summed E-state index contributed by atoms with van der Waals surface area (Å²) in [6, 6.07) is 16.0. The third-order valence-corrected chi connectivity index (χ3v) is 5.37. The normalized spacial score (nSPS) is 15.7. The molecule has 2 aromatic heterocycles. The van der Waals surface area contributed by atoms with Crippen LogP contribution in [0.25, 0.3) is 11.5 Å². The van der Waals surface area contributed by atoms with Gasteiger partial charge in [0, 0.05) is 0 Å². The molecule has 152 valence electrons. The van der Waals surface area contributed by atoms with Crippen molar-refractivity contribution >= 4 is 0 Å². The molecule has 4 aromatic rings. The van der Waals surface area contributed by atoms with E-state index < -0.39 is 0 Å². The van der Waals surface area contributed by atoms with E-state index in [1.54, 1.807) is 7.11 Å². The van der Waals surface area contributed by atoms with Crippen LogP contribution in [0, 0.1) is 6.92 Å². The van der Waals surface area contributed by atoms with Gasteiger partial charge >= 0.3 is 0 Å². The minimum atomic E-state index is -0.0974. The van der Waals surface area contributed by atoms with Gasteiger partial charge in [-0.2, -0.15) is 4.98 Å². The molecular weight excluding hydrogens is 382 g/mol. The number of methoxy groups -OCH3 is 1. The number of rotatable bonds is 5. The minimum absolute atomic E-state index is 0.0974. The average molecular weight is 403 g/mol. The van der Waals surface area contributed by atoms with Gasteiger partial charge in [0.1, 0.15) is 11.9 Å². The predicted octanol–water partition coefficient (Wildman–Crippen LogP) is 3.51. The molecule has 30 heavy (non-hydrogen) atoms. The van der Waals surface area contributed by atoms with Crippen molar-refractivity contribution in [2.45, 2.75) is 32.6 Å². The summed E-state index contributed by atoms with van der Waals surface area (Å²) in [5, 5.41) is 12.7. The highest BCUT2D eigenvalue weighted by atomic mass is 16.5. The molecule has 0 unspecified atom stereocenters. The zero-order valence-electron chi connectivity index (χ0n) is 16.8. The minimum Gasteiger partial charge on any atom is -0.497 e. The second kappa shape index (κ2) is 7.72. The van der Waals surface area contributed by atoms with E-state index in [9.17, 15) is 0 Å². The van der Waals surface area contributed by atoms with Gasteiger partial charge in [0.15, 0.2) is 5.69 Å². The zero-order valence-corrected chi connectivity index (χ0v) is 16.8. The van der Waals surface area contributed by atoms with Crippen LogP contribution in [-0.4, -0.2) is 32.2 Å². The molecule has 0 saturated heterocycles. The summed E-state index contributed by atoms with van der Waals surface area (Å²) >= 11 is 0. The average Bonchev–Trinajstić information content (AvgIpc) is 3.41. The summed E-state index contributed by atoms with van der Waals surface area (Å²) in [7, 11) is 1.65. The van der Waals surface area contributed by atoms with Crippen LogP contribution in [0.1, 0.15) is 34.4 Å². The van der Waals surface area contributed by atoms with E-state index in [0.29, 0.717) is 37.0 Å². The molecule has 0 radical (unpaired) electrons. The lowest BCUT2D eigenvalue weighted by Crippen LogP contribution is -2.22. The van der Waals surface area contributed by atoms with Crippen molar-refractivity contribution in [2.75, 3.05) is 7.11 Å². The number of ether oxygens (including phenoxy) is 2. The number of fused-ring (bicyclic) bond motifs is 1. The fourth-order valence-electron chi connectivity index (χ4n) is 3.60. The lowest BCUT2D eigenvalue weighted by atomic mass is 10.1. The van der Waals surface area contributed by atoms with Crippen LogP contribution in [0.15, 0.2) is 53.1 Å². The third-order valence-electron chi connectivity index (χ3n) is 5.37. The Balaban J connectivity index is 1.34. The lowest BCUT2D eigenvalue weighted by Gasteiger charge is -2.24. The molecule has 2 aromatic carbocycles. The molecule has 8 nitrogen and oxygen atoms in total. The SMILES string of the molecule is COc1ccc([C@H]2Cn3nnc(-c4noc(Cc5ccccc5C)n4)c3CO2)cc1. The summed E-state index contributed by atoms with van der Waals surface area (Å²) in [4.78, 5) is 4.53. The van der Waals surface area contributed by atoms with Crippen molar-refractivity contribution in [3.63, 3.8) is 0 Å². The first-order valence-electron chi connectivity index (χ1n) is 9.76. The van der Waals surface area contributed by atoms with Crippen molar-refractivity contribution in [1.82, 2.24) is 25.1 Å². The Morgan fingerprint density at radius 3 is 2.77 bits per heavy atom. The van der Waals surface area contributed by atoms with Gasteiger partial charge in [0.25, 0.3) is 0 Å². The highest BCUT2D eigenvalue weighted by Crippen LogP contribution is 2.30. The van der Waals surface area contributed by atoms with Crippen LogP contribution in [0.5, 0.6) is 5.75 Å². The Morgan fingerprint density at radius 1 is 1.13 bits per heavy atom. The van der Waals surface area contributed by atoms with Crippen LogP contribution in [0.2, 0.25) is 0 Å². The molecule has 0 bridgehead atoms. The lowest BCUT2D eigenvalue weighted by molar-refractivity contribution is -0.00114. The maximum atomic E-state index is 6.07. The van der Waals surface area contributed by atoms with Crippen LogP contribution in [0.3, 0.4) is 0 Å². The van der Waals surface area contributed by atoms with E-state index in [1.807, 2.05) is 41.1 Å². The van der Waals surface area contributed by atoms with Gasteiger partial charge in [0.05, 0.1) is 32.4 Å². The largest absolute Gasteiger partial charge is 0.497 e. The Kier molecular flexibility index (Phi) is 4.76. The van der Waals surface area contributed by atoms with Crippen LogP contribution < -0.4 is 4.74 Å². The molecule has 3 heterocycles. The number of aromatic nitrogens is 5. The summed E-state index contributed by atoms with van der Waals surface area (Å²) in [5.41, 5.74) is 4.86. The zero-order chi connectivity index (χ0) is 20.5. The topological polar surface area (TPSA) is 88.1 Å². The number of hydrogen-bond acceptors (Lipinski definition) is 7. The predicted molar refractivity (Wildman–Crippen MR) is 108 cm³/mol. The van der Waals surface area contributed by atoms with Crippen LogP contribution >= 0.6 is 0 Å². The Hall–Kier alpha value is -3.52. The fraction of sp³-hybridized carbons (Fsp3) is 0.273. The van der Waals surface area contributed by atoms with Crippen LogP contribution in [0.4, 0.5) is 0 Å². The second-order valence-electron chi connectivity index (χ2n) is 7.25. The highest BCUT2D eigenvalue weighted by molar-refractivity contribution is 5.51. The molecule has 1 aliphatic heterocycles. The van der Waals surface area contributed by atoms with Gasteiger partial charge in [0.2, 0.25) is 11.7 Å². The molecule has 0 saturated carbocycles. The molecule has 0 fully saturated rings. The molecule has 0 spiro atoms. The standard InChI is InChI=1S/C22H21N5O3/c1-14-5-3-4-6-16(14)11-20-23-22(25-30-20)21-18-13-29-19(12-27(18)26-24-21)15-7-9-17(28-2)10-8-15/h3-10,19H,11-13H2,1-2H3/t19-/m1/s1. The Morgan fingerprint density at radius 2 is 1.97 bits per heavy atom. The monoisotopic (exact) mass is 403 g/mol. The molecule has 0 amide bonds. The first-order valence-corrected chi connectivity index (χ1v) is 9.76. The van der Waals surface area contributed by atoms with E-state index in [0.717, 1.165) is 22.6 Å². The van der Waals surface area contributed by atoms with Gasteiger partial charge in [-0.15, -0.1) is 5.10 Å². The van der Waals surface area contributed by atoms with E-state index in [4.69, 9.17) is 14.0 Å². The molecule has 1 aliphatic rings. The number of nitrogens with zero attached hydrogens (tertiary/aromatic N) is 5. The summed E-state index contributed by atoms with van der Waals surface area (Å²) in [6.07, 6.45) is 0.485. The Labute approximate surface area is 173 Å². The van der Waals surface area contributed by atoms with Gasteiger partial charge in [-0.05, 0) is 35.7 Å². The molecule has 0 N–H and O–H groups in total. The van der Waals surface area contributed by atoms with Crippen molar-refractivity contribution in [1.29, 1.82) is 0 Å². The molecule has 8 heteroatoms. The molecule has 0 aliphatic carbocycles. The van der Waals surface area contributed by atoms with Crippen molar-refractivity contribution < 1.29 is 14.0 Å². The second-order valence-corrected chi connectivity index (χ2v) is 7.25. The summed E-state index contributed by atoms with van der Waals surface area (Å²) < 4.78 is 18.6. The third kappa shape index (κ3) is 3.46. The molecular formula is C22H21N5O3. The van der Waals surface area contributed by atoms with Crippen molar-refractivity contribution in [3.8, 4) is 17.3 Å². The van der Waals surface area contributed by atoms with E-state index >= 15 is 0 Å². The molecule has 5 rings (SSSR count). The highest BCUT2D eigenvalue weighted by Gasteiger charge is 2.27. The van der Waals surface area contributed by atoms with Gasteiger partial charge in [-0.25, -0.2) is 4.68 Å². The van der Waals surface area contributed by atoms with Gasteiger partial charge in [-0.3, -0.25) is 0 Å². The fourth-order valence-corrected chi connectivity index (χ4v) is 3.60. The van der Waals surface area contributed by atoms with Crippen molar-refractivity contribution in [2.24, 2.45) is 0 Å². The first-order chi connectivity index (χ1) is 14.7. The summed E-state index contributed by atoms with van der Waals surface area (Å²) in [5.74, 6) is 1.80. The maximum absolute atomic E-state index is 6.07. The molecule has 1 atom stereocenters. The maximum Gasteiger partial charge on any atom is 0.231 e. The smallest absolute Gasteiger partial charge is 0.231 e. The Bertz CT molecular complexity index is 1170. The van der Waals surface area contributed by atoms with Crippen molar-refractivity contribution in [3.05, 3.63) is 76.8 Å². The van der Waals surface area contributed by atoms with Gasteiger partial charge in [-0.1, -0.05) is 46.8 Å². The van der Waals surface area contributed by atoms with Crippen LogP contribution in [-0.2, 0) is 24.3 Å². The first kappa shape index (κ1) is 18.5. The van der Waals surface area contributed by atoms with Gasteiger partial charge < -0.3 is 14.0 Å². The van der Waals surface area contributed by atoms with E-state index in [1.165, 1.54) is 5.56 Å².